The first-order chi connectivity index (χ1) is 10.4. The summed E-state index contributed by atoms with van der Waals surface area (Å²) in [4.78, 5) is 22.6. The summed E-state index contributed by atoms with van der Waals surface area (Å²) >= 11 is 0. The summed E-state index contributed by atoms with van der Waals surface area (Å²) in [5, 5.41) is 2.42. The molecule has 2 rings (SSSR count). The molecule has 2 aromatic carbocycles. The fourth-order valence-electron chi connectivity index (χ4n) is 1.98. The first-order valence-corrected chi connectivity index (χ1v) is 6.40. The molecule has 0 aliphatic heterocycles. The Bertz CT molecular complexity index is 696. The molecular weight excluding hydrogens is 295 g/mol. The first-order valence-electron chi connectivity index (χ1n) is 6.40. The monoisotopic (exact) mass is 307 g/mol. The molecular formula is C16H12F3NO2. The highest BCUT2D eigenvalue weighted by molar-refractivity contribution is 5.95. The summed E-state index contributed by atoms with van der Waals surface area (Å²) in [5.74, 6) is -0.541. The molecule has 0 aliphatic rings. The SMILES string of the molecule is O=Cc1cccc(C(=O)NCc2ccccc2C(F)(F)F)c1. The Balaban J connectivity index is 2.13. The van der Waals surface area contributed by atoms with Crippen LogP contribution in [0.4, 0.5) is 13.2 Å². The second kappa shape index (κ2) is 6.43. The standard InChI is InChI=1S/C16H12F3NO2/c17-16(18,19)14-7-2-1-5-13(14)9-20-15(22)12-6-3-4-11(8-12)10-21/h1-8,10H,9H2,(H,20,22). The van der Waals surface area contributed by atoms with Crippen LogP contribution in [0.25, 0.3) is 0 Å². The Hall–Kier alpha value is -2.63. The molecule has 0 aliphatic carbocycles. The van der Waals surface area contributed by atoms with Crippen LogP contribution in [0, 0.1) is 0 Å². The van der Waals surface area contributed by atoms with Gasteiger partial charge in [0.2, 0.25) is 0 Å². The van der Waals surface area contributed by atoms with Crippen molar-refractivity contribution >= 4 is 12.2 Å². The molecule has 1 N–H and O–H groups in total. The van der Waals surface area contributed by atoms with E-state index < -0.39 is 17.6 Å². The lowest BCUT2D eigenvalue weighted by atomic mass is 10.1. The Morgan fingerprint density at radius 2 is 1.82 bits per heavy atom. The molecule has 1 amide bonds. The number of hydrogen-bond acceptors (Lipinski definition) is 2. The number of carbonyl (C=O) groups excluding carboxylic acids is 2. The summed E-state index contributed by atoms with van der Waals surface area (Å²) in [5.41, 5.74) is -0.260. The van der Waals surface area contributed by atoms with Crippen molar-refractivity contribution in [2.45, 2.75) is 12.7 Å². The van der Waals surface area contributed by atoms with E-state index in [2.05, 4.69) is 5.32 Å². The number of carbonyl (C=O) groups is 2. The predicted octanol–water partition coefficient (Wildman–Crippen LogP) is 3.45. The summed E-state index contributed by atoms with van der Waals surface area (Å²) in [7, 11) is 0. The number of hydrogen-bond donors (Lipinski definition) is 1. The Morgan fingerprint density at radius 3 is 2.50 bits per heavy atom. The maximum Gasteiger partial charge on any atom is 0.416 e. The molecule has 3 nitrogen and oxygen atoms in total. The van der Waals surface area contributed by atoms with Crippen LogP contribution in [0.5, 0.6) is 0 Å². The van der Waals surface area contributed by atoms with Crippen LogP contribution >= 0.6 is 0 Å². The molecule has 22 heavy (non-hydrogen) atoms. The van der Waals surface area contributed by atoms with Gasteiger partial charge in [-0.05, 0) is 23.8 Å². The number of rotatable bonds is 4. The minimum absolute atomic E-state index is 0.0186. The van der Waals surface area contributed by atoms with Crippen LogP contribution in [0.15, 0.2) is 48.5 Å². The normalized spacial score (nSPS) is 11.0. The molecule has 0 saturated heterocycles. The van der Waals surface area contributed by atoms with Gasteiger partial charge in [0.1, 0.15) is 6.29 Å². The van der Waals surface area contributed by atoms with Gasteiger partial charge in [0.15, 0.2) is 0 Å². The van der Waals surface area contributed by atoms with E-state index in [-0.39, 0.29) is 17.7 Å². The highest BCUT2D eigenvalue weighted by atomic mass is 19.4. The number of nitrogens with one attached hydrogen (secondary N) is 1. The lowest BCUT2D eigenvalue weighted by Crippen LogP contribution is -2.24. The first kappa shape index (κ1) is 15.8. The van der Waals surface area contributed by atoms with Gasteiger partial charge >= 0.3 is 6.18 Å². The third kappa shape index (κ3) is 3.72. The zero-order chi connectivity index (χ0) is 16.2. The molecule has 0 aromatic heterocycles. The zero-order valence-electron chi connectivity index (χ0n) is 11.4. The van der Waals surface area contributed by atoms with Gasteiger partial charge in [0.05, 0.1) is 5.56 Å². The van der Waals surface area contributed by atoms with Crippen molar-refractivity contribution in [2.75, 3.05) is 0 Å². The van der Waals surface area contributed by atoms with Gasteiger partial charge in [-0.15, -0.1) is 0 Å². The van der Waals surface area contributed by atoms with E-state index in [1.807, 2.05) is 0 Å². The number of aldehydes is 1. The highest BCUT2D eigenvalue weighted by Crippen LogP contribution is 2.31. The summed E-state index contributed by atoms with van der Waals surface area (Å²) in [6.45, 7) is -0.250. The fourth-order valence-corrected chi connectivity index (χ4v) is 1.98. The van der Waals surface area contributed by atoms with Crippen molar-refractivity contribution in [3.8, 4) is 0 Å². The predicted molar refractivity (Wildman–Crippen MR) is 74.4 cm³/mol. The molecule has 114 valence electrons. The van der Waals surface area contributed by atoms with Gasteiger partial charge in [0.25, 0.3) is 5.91 Å². The van der Waals surface area contributed by atoms with Gasteiger partial charge in [0, 0.05) is 17.7 Å². The molecule has 6 heteroatoms. The second-order valence-electron chi connectivity index (χ2n) is 4.58. The van der Waals surface area contributed by atoms with E-state index in [0.29, 0.717) is 11.8 Å². The lowest BCUT2D eigenvalue weighted by Gasteiger charge is -2.13. The molecule has 0 spiro atoms. The van der Waals surface area contributed by atoms with Crippen LogP contribution in [-0.4, -0.2) is 12.2 Å². The third-order valence-electron chi connectivity index (χ3n) is 3.05. The zero-order valence-corrected chi connectivity index (χ0v) is 11.4. The molecule has 0 fully saturated rings. The molecule has 2 aromatic rings. The van der Waals surface area contributed by atoms with Crippen molar-refractivity contribution in [1.82, 2.24) is 5.32 Å². The van der Waals surface area contributed by atoms with E-state index in [0.717, 1.165) is 6.07 Å². The number of alkyl halides is 3. The van der Waals surface area contributed by atoms with Crippen molar-refractivity contribution in [3.05, 3.63) is 70.8 Å². The Kier molecular flexibility index (Phi) is 4.60. The quantitative estimate of drug-likeness (QED) is 0.879. The molecule has 0 atom stereocenters. The van der Waals surface area contributed by atoms with Gasteiger partial charge < -0.3 is 5.32 Å². The van der Waals surface area contributed by atoms with Crippen molar-refractivity contribution in [3.63, 3.8) is 0 Å². The Morgan fingerprint density at radius 1 is 1.09 bits per heavy atom. The lowest BCUT2D eigenvalue weighted by molar-refractivity contribution is -0.138. The maximum atomic E-state index is 12.8. The van der Waals surface area contributed by atoms with Crippen molar-refractivity contribution in [1.29, 1.82) is 0 Å². The van der Waals surface area contributed by atoms with Gasteiger partial charge in [-0.25, -0.2) is 0 Å². The average molecular weight is 307 g/mol. The van der Waals surface area contributed by atoms with E-state index in [9.17, 15) is 22.8 Å². The number of halogens is 3. The number of amides is 1. The van der Waals surface area contributed by atoms with Crippen molar-refractivity contribution in [2.24, 2.45) is 0 Å². The smallest absolute Gasteiger partial charge is 0.348 e. The van der Waals surface area contributed by atoms with Crippen LogP contribution in [0.2, 0.25) is 0 Å². The molecule has 0 unspecified atom stereocenters. The molecule has 0 radical (unpaired) electrons. The molecule has 0 saturated carbocycles. The molecule has 0 bridgehead atoms. The highest BCUT2D eigenvalue weighted by Gasteiger charge is 2.32. The van der Waals surface area contributed by atoms with E-state index in [4.69, 9.17) is 0 Å². The average Bonchev–Trinajstić information content (AvgIpc) is 2.52. The minimum atomic E-state index is -4.47. The van der Waals surface area contributed by atoms with E-state index >= 15 is 0 Å². The fraction of sp³-hybridized carbons (Fsp3) is 0.125. The maximum absolute atomic E-state index is 12.8. The van der Waals surface area contributed by atoms with E-state index in [1.165, 1.54) is 42.5 Å². The largest absolute Gasteiger partial charge is 0.416 e. The van der Waals surface area contributed by atoms with Crippen LogP contribution < -0.4 is 5.32 Å². The van der Waals surface area contributed by atoms with Gasteiger partial charge in [-0.1, -0.05) is 30.3 Å². The van der Waals surface area contributed by atoms with Crippen LogP contribution in [0.1, 0.15) is 31.8 Å². The summed E-state index contributed by atoms with van der Waals surface area (Å²) < 4.78 is 38.5. The summed E-state index contributed by atoms with van der Waals surface area (Å²) in [6.07, 6.45) is -3.88. The van der Waals surface area contributed by atoms with Crippen LogP contribution in [-0.2, 0) is 12.7 Å². The van der Waals surface area contributed by atoms with Gasteiger partial charge in [-0.2, -0.15) is 13.2 Å². The second-order valence-corrected chi connectivity index (χ2v) is 4.58. The van der Waals surface area contributed by atoms with Crippen LogP contribution in [0.3, 0.4) is 0 Å². The number of benzene rings is 2. The Labute approximate surface area is 124 Å². The topological polar surface area (TPSA) is 46.2 Å². The molecule has 0 heterocycles. The minimum Gasteiger partial charge on any atom is -0.348 e. The third-order valence-corrected chi connectivity index (χ3v) is 3.05. The van der Waals surface area contributed by atoms with E-state index in [1.54, 1.807) is 0 Å². The summed E-state index contributed by atoms with van der Waals surface area (Å²) in [6, 6.07) is 11.0. The van der Waals surface area contributed by atoms with Crippen molar-refractivity contribution < 1.29 is 22.8 Å². The van der Waals surface area contributed by atoms with Gasteiger partial charge in [-0.3, -0.25) is 9.59 Å².